The molecule has 2 nitrogen and oxygen atoms in total. The molecule has 0 aromatic heterocycles. The molecule has 1 heterocycles. The highest BCUT2D eigenvalue weighted by atomic mass is 32.2. The van der Waals surface area contributed by atoms with E-state index in [9.17, 15) is 4.79 Å². The van der Waals surface area contributed by atoms with Crippen LogP contribution in [0.1, 0.15) is 15.9 Å². The predicted molar refractivity (Wildman–Crippen MR) is 117 cm³/mol. The van der Waals surface area contributed by atoms with Crippen LogP contribution < -0.4 is 5.32 Å². The lowest BCUT2D eigenvalue weighted by atomic mass is 10.0. The molecule has 0 bridgehead atoms. The minimum atomic E-state index is 0.0752. The number of hydrogen-bond donors (Lipinski definition) is 1. The molecule has 28 heavy (non-hydrogen) atoms. The average molecular weight is 382 g/mol. The predicted octanol–water partition coefficient (Wildman–Crippen LogP) is 6.81. The summed E-state index contributed by atoms with van der Waals surface area (Å²) in [7, 11) is 0. The molecule has 0 unspecified atom stereocenters. The second kappa shape index (κ2) is 8.59. The van der Waals surface area contributed by atoms with Gasteiger partial charge in [-0.1, -0.05) is 96.7 Å². The molecule has 0 spiro atoms. The molecule has 0 fully saturated rings. The molecule has 0 saturated heterocycles. The van der Waals surface area contributed by atoms with Gasteiger partial charge in [0, 0.05) is 20.9 Å². The maximum Gasteiger partial charge on any atom is 0.193 e. The van der Waals surface area contributed by atoms with Crippen LogP contribution in [0.2, 0.25) is 0 Å². The summed E-state index contributed by atoms with van der Waals surface area (Å²) >= 11 is 1.82. The smallest absolute Gasteiger partial charge is 0.193 e. The van der Waals surface area contributed by atoms with Crippen LogP contribution in [0.4, 0.5) is 11.4 Å². The van der Waals surface area contributed by atoms with E-state index in [1.54, 1.807) is 0 Å². The summed E-state index contributed by atoms with van der Waals surface area (Å²) in [6, 6.07) is 35.4. The zero-order valence-electron chi connectivity index (χ0n) is 15.2. The highest BCUT2D eigenvalue weighted by molar-refractivity contribution is 7.99. The lowest BCUT2D eigenvalue weighted by Gasteiger charge is -2.19. The number of hydrogen-bond acceptors (Lipinski definition) is 3. The molecule has 1 N–H and O–H groups in total. The lowest BCUT2D eigenvalue weighted by molar-refractivity contribution is 0.103. The van der Waals surface area contributed by atoms with E-state index in [0.29, 0.717) is 0 Å². The quantitative estimate of drug-likeness (QED) is 0.340. The van der Waals surface area contributed by atoms with Gasteiger partial charge in [0.2, 0.25) is 0 Å². The van der Waals surface area contributed by atoms with Gasteiger partial charge in [0.1, 0.15) is 0 Å². The summed E-state index contributed by atoms with van der Waals surface area (Å²) in [5, 5.41) is 3.42. The van der Waals surface area contributed by atoms with Crippen molar-refractivity contribution in [2.75, 3.05) is 5.32 Å². The van der Waals surface area contributed by atoms with E-state index in [2.05, 4.69) is 53.8 Å². The van der Waals surface area contributed by atoms with Gasteiger partial charge in [-0.2, -0.15) is 0 Å². The summed E-state index contributed by atoms with van der Waals surface area (Å²) in [6.45, 7) is 0. The summed E-state index contributed by atoms with van der Waals surface area (Å²) < 4.78 is 0. The second-order valence-electron chi connectivity index (χ2n) is 6.28. The maximum absolute atomic E-state index is 11.8. The largest absolute Gasteiger partial charge is 0.354 e. The molecule has 0 radical (unpaired) electrons. The molecule has 136 valence electrons. The number of carbonyl (C=O) groups is 1. The zero-order chi connectivity index (χ0) is 19.2. The third-order valence-corrected chi connectivity index (χ3v) is 5.49. The zero-order valence-corrected chi connectivity index (χ0v) is 16.0. The molecule has 0 aliphatic carbocycles. The maximum atomic E-state index is 11.8. The van der Waals surface area contributed by atoms with Gasteiger partial charge in [0.05, 0.1) is 11.4 Å². The van der Waals surface area contributed by atoms with Crippen molar-refractivity contribution in [1.29, 1.82) is 0 Å². The third kappa shape index (κ3) is 4.16. The van der Waals surface area contributed by atoms with Gasteiger partial charge < -0.3 is 5.32 Å². The molecule has 0 atom stereocenters. The fraction of sp³-hybridized carbons (Fsp3) is 0. The van der Waals surface area contributed by atoms with Crippen LogP contribution >= 0.6 is 11.8 Å². The van der Waals surface area contributed by atoms with E-state index in [0.717, 1.165) is 11.1 Å². The molecule has 4 aromatic rings. The van der Waals surface area contributed by atoms with Gasteiger partial charge in [-0.25, -0.2) is 0 Å². The fourth-order valence-corrected chi connectivity index (χ4v) is 3.92. The van der Waals surface area contributed by atoms with E-state index in [1.165, 1.54) is 21.2 Å². The van der Waals surface area contributed by atoms with Crippen molar-refractivity contribution in [1.82, 2.24) is 0 Å². The molecule has 4 aromatic carbocycles. The Balaban J connectivity index is 0.000000137. The first-order chi connectivity index (χ1) is 13.8. The standard InChI is InChI=1S/C13H10O.C12H9NS/c14-13(11-7-3-1-4-8-11)12-9-5-2-6-10-12;1-3-7-11-9(5-1)13-10-6-2-4-8-12(10)14-11/h1-10H;1-8,13H. The van der Waals surface area contributed by atoms with Crippen LogP contribution in [0.3, 0.4) is 0 Å². The number of anilines is 2. The minimum Gasteiger partial charge on any atom is -0.354 e. The summed E-state index contributed by atoms with van der Waals surface area (Å²) in [6.07, 6.45) is 0. The van der Waals surface area contributed by atoms with Crippen LogP contribution in [0.15, 0.2) is 119 Å². The first kappa shape index (κ1) is 18.1. The van der Waals surface area contributed by atoms with Crippen LogP contribution in [-0.4, -0.2) is 5.78 Å². The van der Waals surface area contributed by atoms with Crippen LogP contribution in [0, 0.1) is 0 Å². The van der Waals surface area contributed by atoms with Crippen molar-refractivity contribution in [3.05, 3.63) is 120 Å². The van der Waals surface area contributed by atoms with Crippen molar-refractivity contribution in [3.63, 3.8) is 0 Å². The van der Waals surface area contributed by atoms with E-state index in [4.69, 9.17) is 0 Å². The number of ketones is 1. The molecule has 0 saturated carbocycles. The number of carbonyl (C=O) groups excluding carboxylic acids is 1. The van der Waals surface area contributed by atoms with Gasteiger partial charge >= 0.3 is 0 Å². The summed E-state index contributed by atoms with van der Waals surface area (Å²) in [5.41, 5.74) is 3.88. The molecule has 1 aliphatic heterocycles. The molecular formula is C25H19NOS. The van der Waals surface area contributed by atoms with Gasteiger partial charge in [-0.15, -0.1) is 0 Å². The van der Waals surface area contributed by atoms with E-state index >= 15 is 0 Å². The van der Waals surface area contributed by atoms with Crippen molar-refractivity contribution < 1.29 is 4.79 Å². The normalized spacial score (nSPS) is 11.1. The topological polar surface area (TPSA) is 29.1 Å². The number of para-hydroxylation sites is 2. The Bertz CT molecular complexity index is 949. The second-order valence-corrected chi connectivity index (χ2v) is 7.36. The van der Waals surface area contributed by atoms with Crippen LogP contribution in [-0.2, 0) is 0 Å². The number of fused-ring (bicyclic) bond motifs is 2. The Morgan fingerprint density at radius 2 is 0.929 bits per heavy atom. The highest BCUT2D eigenvalue weighted by Gasteiger charge is 2.13. The third-order valence-electron chi connectivity index (χ3n) is 4.34. The number of nitrogens with one attached hydrogen (secondary N) is 1. The van der Waals surface area contributed by atoms with Crippen molar-refractivity contribution in [2.45, 2.75) is 9.79 Å². The van der Waals surface area contributed by atoms with Crippen molar-refractivity contribution in [3.8, 4) is 0 Å². The lowest BCUT2D eigenvalue weighted by Crippen LogP contribution is -1.99. The Morgan fingerprint density at radius 1 is 0.536 bits per heavy atom. The summed E-state index contributed by atoms with van der Waals surface area (Å²) in [4.78, 5) is 14.4. The molecule has 1 aliphatic rings. The first-order valence-electron chi connectivity index (χ1n) is 9.09. The van der Waals surface area contributed by atoms with E-state index < -0.39 is 0 Å². The monoisotopic (exact) mass is 381 g/mol. The Morgan fingerprint density at radius 3 is 1.39 bits per heavy atom. The molecule has 3 heteroatoms. The molecule has 0 amide bonds. The van der Waals surface area contributed by atoms with Crippen molar-refractivity contribution in [2.24, 2.45) is 0 Å². The fourth-order valence-electron chi connectivity index (χ4n) is 2.93. The van der Waals surface area contributed by atoms with Crippen molar-refractivity contribution >= 4 is 28.9 Å². The van der Waals surface area contributed by atoms with Gasteiger partial charge in [0.25, 0.3) is 0 Å². The Hall–Kier alpha value is -3.30. The molecule has 5 rings (SSSR count). The van der Waals surface area contributed by atoms with Crippen LogP contribution in [0.25, 0.3) is 0 Å². The number of benzene rings is 4. The Kier molecular flexibility index (Phi) is 5.55. The number of rotatable bonds is 2. The Labute approximate surface area is 169 Å². The van der Waals surface area contributed by atoms with Crippen LogP contribution in [0.5, 0.6) is 0 Å². The van der Waals surface area contributed by atoms with E-state index in [-0.39, 0.29) is 5.78 Å². The summed E-state index contributed by atoms with van der Waals surface area (Å²) in [5.74, 6) is 0.0752. The minimum absolute atomic E-state index is 0.0752. The van der Waals surface area contributed by atoms with Gasteiger partial charge in [0.15, 0.2) is 5.78 Å². The van der Waals surface area contributed by atoms with E-state index in [1.807, 2.05) is 72.4 Å². The van der Waals surface area contributed by atoms with Gasteiger partial charge in [-0.05, 0) is 24.3 Å². The highest BCUT2D eigenvalue weighted by Crippen LogP contribution is 2.43. The molecular weight excluding hydrogens is 362 g/mol. The average Bonchev–Trinajstić information content (AvgIpc) is 2.79. The van der Waals surface area contributed by atoms with Gasteiger partial charge in [-0.3, -0.25) is 4.79 Å². The SMILES string of the molecule is O=C(c1ccccc1)c1ccccc1.c1ccc2c(c1)Nc1ccccc1S2. The first-order valence-corrected chi connectivity index (χ1v) is 9.90.